The third-order valence-electron chi connectivity index (χ3n) is 5.16. The van der Waals surface area contributed by atoms with Gasteiger partial charge in [0.1, 0.15) is 22.8 Å². The predicted octanol–water partition coefficient (Wildman–Crippen LogP) is 5.69. The van der Waals surface area contributed by atoms with Crippen molar-refractivity contribution in [2.45, 2.75) is 24.9 Å². The number of carbonyl (C=O) groups is 1. The van der Waals surface area contributed by atoms with E-state index in [1.807, 2.05) is 0 Å². The first-order chi connectivity index (χ1) is 17.0. The lowest BCUT2D eigenvalue weighted by atomic mass is 10.0. The van der Waals surface area contributed by atoms with Crippen molar-refractivity contribution >= 4 is 5.91 Å². The molecule has 2 N–H and O–H groups in total. The number of halogens is 9. The second kappa shape index (κ2) is 8.74. The predicted molar refractivity (Wildman–Crippen MR) is 107 cm³/mol. The summed E-state index contributed by atoms with van der Waals surface area (Å²) in [6.07, 6.45) is -15.1. The molecular weight excluding hydrogens is 527 g/mol. The zero-order valence-corrected chi connectivity index (χ0v) is 17.7. The number of rotatable bonds is 4. The lowest BCUT2D eigenvalue weighted by Crippen LogP contribution is -2.33. The highest BCUT2D eigenvalue weighted by atomic mass is 19.4. The SMILES string of the molecule is O=C(NC1c2cc(OC(F)(F)F)ccc2-c2ccc(OC(F)(F)F)cc21)c1ccc(C(F)(F)F)[nH]c1=O. The van der Waals surface area contributed by atoms with Crippen LogP contribution >= 0.6 is 0 Å². The number of benzene rings is 2. The van der Waals surface area contributed by atoms with Crippen molar-refractivity contribution < 1.29 is 53.8 Å². The van der Waals surface area contributed by atoms with Gasteiger partial charge >= 0.3 is 18.9 Å². The second-order valence-corrected chi connectivity index (χ2v) is 7.61. The zero-order valence-electron chi connectivity index (χ0n) is 17.7. The number of hydrogen-bond donors (Lipinski definition) is 2. The summed E-state index contributed by atoms with van der Waals surface area (Å²) < 4.78 is 123. The number of pyridine rings is 1. The van der Waals surface area contributed by atoms with E-state index in [1.54, 1.807) is 0 Å². The van der Waals surface area contributed by atoms with Gasteiger partial charge in [-0.2, -0.15) is 13.2 Å². The number of hydrogen-bond acceptors (Lipinski definition) is 4. The first-order valence-corrected chi connectivity index (χ1v) is 9.93. The Kier molecular flexibility index (Phi) is 6.12. The molecule has 0 saturated carbocycles. The van der Waals surface area contributed by atoms with Crippen molar-refractivity contribution in [3.8, 4) is 22.6 Å². The molecule has 37 heavy (non-hydrogen) atoms. The molecule has 2 aromatic carbocycles. The molecule has 1 aliphatic rings. The first kappa shape index (κ1) is 25.9. The minimum atomic E-state index is -5.08. The number of carbonyl (C=O) groups excluding carboxylic acids is 1. The van der Waals surface area contributed by atoms with Crippen molar-refractivity contribution in [1.82, 2.24) is 10.3 Å². The molecule has 0 fully saturated rings. The number of ether oxygens (including phenoxy) is 2. The fraction of sp³-hybridized carbons (Fsp3) is 0.182. The van der Waals surface area contributed by atoms with E-state index in [4.69, 9.17) is 0 Å². The molecule has 3 aromatic rings. The van der Waals surface area contributed by atoms with Gasteiger partial charge in [-0.05, 0) is 58.7 Å². The third kappa shape index (κ3) is 5.65. The van der Waals surface area contributed by atoms with Crippen LogP contribution in [0, 0.1) is 0 Å². The number of amides is 1. The van der Waals surface area contributed by atoms with Crippen molar-refractivity contribution in [2.75, 3.05) is 0 Å². The van der Waals surface area contributed by atoms with Gasteiger partial charge in [0.25, 0.3) is 11.5 Å². The second-order valence-electron chi connectivity index (χ2n) is 7.61. The van der Waals surface area contributed by atoms with E-state index in [-0.39, 0.29) is 22.3 Å². The number of aromatic amines is 1. The van der Waals surface area contributed by atoms with Crippen LogP contribution in [0.1, 0.15) is 33.2 Å². The Bertz CT molecular complexity index is 1360. The summed E-state index contributed by atoms with van der Waals surface area (Å²) >= 11 is 0. The molecule has 0 saturated heterocycles. The summed E-state index contributed by atoms with van der Waals surface area (Å²) in [5.41, 5.74) is -3.30. The van der Waals surface area contributed by atoms with Gasteiger partial charge in [0, 0.05) is 0 Å². The molecule has 0 bridgehead atoms. The van der Waals surface area contributed by atoms with Crippen LogP contribution in [0.4, 0.5) is 39.5 Å². The maximum atomic E-state index is 12.8. The van der Waals surface area contributed by atoms with Crippen LogP contribution < -0.4 is 20.3 Å². The van der Waals surface area contributed by atoms with Gasteiger partial charge in [-0.1, -0.05) is 12.1 Å². The highest BCUT2D eigenvalue weighted by Gasteiger charge is 2.37. The summed E-state index contributed by atoms with van der Waals surface area (Å²) in [5, 5.41) is 2.27. The minimum Gasteiger partial charge on any atom is -0.406 e. The molecule has 1 heterocycles. The van der Waals surface area contributed by atoms with Gasteiger partial charge < -0.3 is 19.8 Å². The van der Waals surface area contributed by atoms with E-state index in [2.05, 4.69) is 14.8 Å². The molecule has 0 aliphatic heterocycles. The zero-order chi connectivity index (χ0) is 27.3. The van der Waals surface area contributed by atoms with Gasteiger partial charge in [0.15, 0.2) is 0 Å². The first-order valence-electron chi connectivity index (χ1n) is 9.93. The number of H-pyrrole nitrogens is 1. The topological polar surface area (TPSA) is 80.4 Å². The van der Waals surface area contributed by atoms with Crippen molar-refractivity contribution in [3.63, 3.8) is 0 Å². The molecule has 1 amide bonds. The summed E-state index contributed by atoms with van der Waals surface area (Å²) in [6, 6.07) is 5.60. The fourth-order valence-corrected chi connectivity index (χ4v) is 3.79. The van der Waals surface area contributed by atoms with Gasteiger partial charge in [0.05, 0.1) is 6.04 Å². The summed E-state index contributed by atoms with van der Waals surface area (Å²) in [5.74, 6) is -2.67. The molecule has 1 aromatic heterocycles. The van der Waals surface area contributed by atoms with Crippen molar-refractivity contribution in [2.24, 2.45) is 0 Å². The van der Waals surface area contributed by atoms with E-state index in [0.29, 0.717) is 12.1 Å². The third-order valence-corrected chi connectivity index (χ3v) is 5.16. The Morgan fingerprint density at radius 2 is 1.24 bits per heavy atom. The standard InChI is InChI=1S/C22H11F9N2O4/c23-20(24,25)16-6-5-13(18(34)32-16)19(35)33-17-14-7-9(36-21(26,27)28)1-3-11(14)12-4-2-10(8-15(12)17)37-22(29,30)31/h1-8,17H,(H,32,34)(H,33,35). The summed E-state index contributed by atoms with van der Waals surface area (Å²) in [6.45, 7) is 0. The average molecular weight is 538 g/mol. The van der Waals surface area contributed by atoms with Gasteiger partial charge in [-0.3, -0.25) is 9.59 Å². The van der Waals surface area contributed by atoms with E-state index >= 15 is 0 Å². The number of alkyl halides is 9. The maximum Gasteiger partial charge on any atom is 0.573 e. The minimum absolute atomic E-state index is 0.0439. The maximum absolute atomic E-state index is 12.8. The van der Waals surface area contributed by atoms with Crippen LogP contribution in [0.2, 0.25) is 0 Å². The van der Waals surface area contributed by atoms with E-state index < -0.39 is 59.2 Å². The molecule has 0 spiro atoms. The smallest absolute Gasteiger partial charge is 0.406 e. The average Bonchev–Trinajstić information content (AvgIpc) is 3.03. The highest BCUT2D eigenvalue weighted by molar-refractivity contribution is 5.95. The van der Waals surface area contributed by atoms with Gasteiger partial charge in [-0.15, -0.1) is 26.3 Å². The lowest BCUT2D eigenvalue weighted by Gasteiger charge is -2.18. The Labute approximate surface area is 199 Å². The Hall–Kier alpha value is -4.17. The Morgan fingerprint density at radius 3 is 1.65 bits per heavy atom. The summed E-state index contributed by atoms with van der Waals surface area (Å²) in [4.78, 5) is 26.4. The highest BCUT2D eigenvalue weighted by Crippen LogP contribution is 2.47. The van der Waals surface area contributed by atoms with Crippen LogP contribution in [-0.2, 0) is 6.18 Å². The molecule has 0 unspecified atom stereocenters. The lowest BCUT2D eigenvalue weighted by molar-refractivity contribution is -0.275. The molecule has 15 heteroatoms. The van der Waals surface area contributed by atoms with E-state index in [9.17, 15) is 49.1 Å². The van der Waals surface area contributed by atoms with Crippen molar-refractivity contribution in [3.05, 3.63) is 81.3 Å². The summed E-state index contributed by atoms with van der Waals surface area (Å²) in [7, 11) is 0. The number of nitrogens with one attached hydrogen (secondary N) is 2. The van der Waals surface area contributed by atoms with E-state index in [1.165, 1.54) is 17.1 Å². The van der Waals surface area contributed by atoms with E-state index in [0.717, 1.165) is 24.3 Å². The van der Waals surface area contributed by atoms with Crippen LogP contribution in [0.5, 0.6) is 11.5 Å². The molecule has 196 valence electrons. The molecule has 1 aliphatic carbocycles. The fourth-order valence-electron chi connectivity index (χ4n) is 3.79. The van der Waals surface area contributed by atoms with Crippen molar-refractivity contribution in [1.29, 1.82) is 0 Å². The largest absolute Gasteiger partial charge is 0.573 e. The molecule has 0 radical (unpaired) electrons. The van der Waals surface area contributed by atoms with Gasteiger partial charge in [0.2, 0.25) is 0 Å². The van der Waals surface area contributed by atoms with Crippen LogP contribution in [0.3, 0.4) is 0 Å². The Morgan fingerprint density at radius 1 is 0.757 bits per heavy atom. The Balaban J connectivity index is 1.76. The van der Waals surface area contributed by atoms with Crippen LogP contribution in [-0.4, -0.2) is 23.6 Å². The van der Waals surface area contributed by atoms with Gasteiger partial charge in [-0.25, -0.2) is 0 Å². The molecular formula is C22H11F9N2O4. The monoisotopic (exact) mass is 538 g/mol. The number of aromatic nitrogens is 1. The van der Waals surface area contributed by atoms with Crippen LogP contribution in [0.15, 0.2) is 53.3 Å². The number of fused-ring (bicyclic) bond motifs is 3. The van der Waals surface area contributed by atoms with Crippen LogP contribution in [0.25, 0.3) is 11.1 Å². The molecule has 4 rings (SSSR count). The quantitative estimate of drug-likeness (QED) is 0.419. The normalized spacial score (nSPS) is 13.6. The molecule has 6 nitrogen and oxygen atoms in total. The molecule has 0 atom stereocenters.